The molecular formula is C19H13NO5. The zero-order chi connectivity index (χ0) is 17.8. The van der Waals surface area contributed by atoms with Crippen molar-refractivity contribution in [1.29, 1.82) is 0 Å². The fraction of sp³-hybridized carbons (Fsp3) is 0. The van der Waals surface area contributed by atoms with Crippen molar-refractivity contribution in [3.63, 3.8) is 0 Å². The van der Waals surface area contributed by atoms with Gasteiger partial charge in [-0.05, 0) is 29.8 Å². The quantitative estimate of drug-likeness (QED) is 0.334. The van der Waals surface area contributed by atoms with Crippen molar-refractivity contribution in [2.75, 3.05) is 0 Å². The van der Waals surface area contributed by atoms with E-state index in [4.69, 9.17) is 4.74 Å². The van der Waals surface area contributed by atoms with Crippen LogP contribution in [0, 0.1) is 10.1 Å². The highest BCUT2D eigenvalue weighted by atomic mass is 16.6. The Balaban J connectivity index is 1.85. The Hall–Kier alpha value is -3.67. The number of phenols is 1. The lowest BCUT2D eigenvalue weighted by molar-refractivity contribution is -0.384. The topological polar surface area (TPSA) is 89.7 Å². The number of nitro benzene ring substituents is 1. The Morgan fingerprint density at radius 2 is 1.72 bits per heavy atom. The second kappa shape index (κ2) is 6.84. The molecule has 3 rings (SSSR count). The lowest BCUT2D eigenvalue weighted by Gasteiger charge is -2.08. The molecule has 0 radical (unpaired) electrons. The minimum absolute atomic E-state index is 0.0727. The van der Waals surface area contributed by atoms with Crippen LogP contribution in [0.3, 0.4) is 0 Å². The van der Waals surface area contributed by atoms with Crippen LogP contribution in [0.1, 0.15) is 10.4 Å². The molecule has 1 N–H and O–H groups in total. The first kappa shape index (κ1) is 16.2. The first-order valence-corrected chi connectivity index (χ1v) is 7.39. The first-order valence-electron chi connectivity index (χ1n) is 7.39. The van der Waals surface area contributed by atoms with Crippen molar-refractivity contribution in [1.82, 2.24) is 0 Å². The van der Waals surface area contributed by atoms with Gasteiger partial charge in [0.1, 0.15) is 11.5 Å². The van der Waals surface area contributed by atoms with Gasteiger partial charge in [-0.2, -0.15) is 0 Å². The van der Waals surface area contributed by atoms with E-state index in [2.05, 4.69) is 0 Å². The molecule has 0 aliphatic rings. The molecule has 0 amide bonds. The zero-order valence-electron chi connectivity index (χ0n) is 13.0. The summed E-state index contributed by atoms with van der Waals surface area (Å²) in [5.41, 5.74) is 1.22. The van der Waals surface area contributed by atoms with Gasteiger partial charge in [0.25, 0.3) is 5.69 Å². The number of carbonyl (C=O) groups excluding carboxylic acids is 1. The van der Waals surface area contributed by atoms with Crippen LogP contribution < -0.4 is 4.74 Å². The number of aromatic hydroxyl groups is 1. The number of non-ortho nitro benzene ring substituents is 1. The zero-order valence-corrected chi connectivity index (χ0v) is 13.0. The van der Waals surface area contributed by atoms with E-state index in [1.54, 1.807) is 42.5 Å². The molecule has 0 aromatic heterocycles. The van der Waals surface area contributed by atoms with Gasteiger partial charge in [0.15, 0.2) is 0 Å². The van der Waals surface area contributed by atoms with Crippen molar-refractivity contribution in [3.05, 3.63) is 88.5 Å². The number of nitro groups is 1. The SMILES string of the molecule is O=C(Oc1ccc(-c2cccc([N+](=O)[O-])c2)c(O)c1)c1ccccc1. The number of hydrogen-bond donors (Lipinski definition) is 1. The van der Waals surface area contributed by atoms with Gasteiger partial charge < -0.3 is 9.84 Å². The summed E-state index contributed by atoms with van der Waals surface area (Å²) in [6.45, 7) is 0. The van der Waals surface area contributed by atoms with E-state index in [1.807, 2.05) is 0 Å². The van der Waals surface area contributed by atoms with E-state index >= 15 is 0 Å². The van der Waals surface area contributed by atoms with E-state index in [1.165, 1.54) is 30.3 Å². The van der Waals surface area contributed by atoms with Gasteiger partial charge in [-0.3, -0.25) is 10.1 Å². The van der Waals surface area contributed by atoms with Crippen LogP contribution in [-0.4, -0.2) is 16.0 Å². The molecule has 3 aromatic rings. The molecular weight excluding hydrogens is 322 g/mol. The number of esters is 1. The Kier molecular flexibility index (Phi) is 4.43. The highest BCUT2D eigenvalue weighted by molar-refractivity contribution is 5.91. The highest BCUT2D eigenvalue weighted by Gasteiger charge is 2.13. The molecule has 0 heterocycles. The third kappa shape index (κ3) is 3.64. The lowest BCUT2D eigenvalue weighted by Crippen LogP contribution is -2.07. The van der Waals surface area contributed by atoms with Crippen molar-refractivity contribution < 1.29 is 19.6 Å². The van der Waals surface area contributed by atoms with Crippen LogP contribution >= 0.6 is 0 Å². The molecule has 6 heteroatoms. The Bertz CT molecular complexity index is 938. The lowest BCUT2D eigenvalue weighted by atomic mass is 10.0. The summed E-state index contributed by atoms with van der Waals surface area (Å²) in [7, 11) is 0. The van der Waals surface area contributed by atoms with Crippen LogP contribution in [-0.2, 0) is 0 Å². The summed E-state index contributed by atoms with van der Waals surface area (Å²) in [4.78, 5) is 22.4. The van der Waals surface area contributed by atoms with Crippen molar-refractivity contribution in [2.24, 2.45) is 0 Å². The monoisotopic (exact) mass is 335 g/mol. The smallest absolute Gasteiger partial charge is 0.343 e. The molecule has 0 saturated heterocycles. The maximum atomic E-state index is 12.0. The van der Waals surface area contributed by atoms with Gasteiger partial charge in [0.05, 0.1) is 10.5 Å². The molecule has 6 nitrogen and oxygen atoms in total. The summed E-state index contributed by atoms with van der Waals surface area (Å²) in [6.07, 6.45) is 0. The molecule has 3 aromatic carbocycles. The summed E-state index contributed by atoms with van der Waals surface area (Å²) in [6, 6.07) is 18.8. The number of nitrogens with zero attached hydrogens (tertiary/aromatic N) is 1. The molecule has 0 unspecified atom stereocenters. The van der Waals surface area contributed by atoms with Crippen molar-refractivity contribution in [2.45, 2.75) is 0 Å². The van der Waals surface area contributed by atoms with Crippen LogP contribution in [0.2, 0.25) is 0 Å². The van der Waals surface area contributed by atoms with Gasteiger partial charge in [-0.15, -0.1) is 0 Å². The number of benzene rings is 3. The van der Waals surface area contributed by atoms with Crippen LogP contribution in [0.25, 0.3) is 11.1 Å². The van der Waals surface area contributed by atoms with E-state index in [0.29, 0.717) is 16.7 Å². The molecule has 0 aliphatic heterocycles. The van der Waals surface area contributed by atoms with E-state index in [0.717, 1.165) is 0 Å². The van der Waals surface area contributed by atoms with E-state index < -0.39 is 10.9 Å². The molecule has 0 atom stereocenters. The number of phenolic OH excluding ortho intramolecular Hbond substituents is 1. The minimum atomic E-state index is -0.539. The maximum Gasteiger partial charge on any atom is 0.343 e. The summed E-state index contributed by atoms with van der Waals surface area (Å²) in [5.74, 6) is -0.498. The molecule has 0 spiro atoms. The largest absolute Gasteiger partial charge is 0.507 e. The first-order chi connectivity index (χ1) is 12.0. The van der Waals surface area contributed by atoms with Crippen LogP contribution in [0.15, 0.2) is 72.8 Å². The predicted molar refractivity (Wildman–Crippen MR) is 91.6 cm³/mol. The fourth-order valence-corrected chi connectivity index (χ4v) is 2.35. The summed E-state index contributed by atoms with van der Waals surface area (Å²) in [5, 5.41) is 21.1. The fourth-order valence-electron chi connectivity index (χ4n) is 2.35. The second-order valence-electron chi connectivity index (χ2n) is 5.24. The van der Waals surface area contributed by atoms with E-state index in [9.17, 15) is 20.0 Å². The van der Waals surface area contributed by atoms with Gasteiger partial charge in [-0.25, -0.2) is 4.79 Å². The van der Waals surface area contributed by atoms with Crippen molar-refractivity contribution >= 4 is 11.7 Å². The van der Waals surface area contributed by atoms with Gasteiger partial charge in [-0.1, -0.05) is 30.3 Å². The Morgan fingerprint density at radius 3 is 2.40 bits per heavy atom. The van der Waals surface area contributed by atoms with Crippen molar-refractivity contribution in [3.8, 4) is 22.6 Å². The Labute approximate surface area is 143 Å². The summed E-state index contributed by atoms with van der Waals surface area (Å²) < 4.78 is 5.23. The molecule has 0 saturated carbocycles. The number of hydrogen-bond acceptors (Lipinski definition) is 5. The highest BCUT2D eigenvalue weighted by Crippen LogP contribution is 2.34. The molecule has 25 heavy (non-hydrogen) atoms. The summed E-state index contributed by atoms with van der Waals surface area (Å²) >= 11 is 0. The normalized spacial score (nSPS) is 10.2. The maximum absolute atomic E-state index is 12.0. The van der Waals surface area contributed by atoms with E-state index in [-0.39, 0.29) is 17.2 Å². The molecule has 0 aliphatic carbocycles. The molecule has 124 valence electrons. The third-order valence-corrected chi connectivity index (χ3v) is 3.56. The average molecular weight is 335 g/mol. The van der Waals surface area contributed by atoms with Gasteiger partial charge >= 0.3 is 5.97 Å². The standard InChI is InChI=1S/C19H13NO5/c21-18-12-16(25-19(22)13-5-2-1-3-6-13)9-10-17(18)14-7-4-8-15(11-14)20(23)24/h1-12,21H. The van der Waals surface area contributed by atoms with Gasteiger partial charge in [0.2, 0.25) is 0 Å². The average Bonchev–Trinajstić information content (AvgIpc) is 2.62. The van der Waals surface area contributed by atoms with Crippen LogP contribution in [0.4, 0.5) is 5.69 Å². The predicted octanol–water partition coefficient (Wildman–Crippen LogP) is 4.19. The van der Waals surface area contributed by atoms with Gasteiger partial charge in [0, 0.05) is 23.8 Å². The number of carbonyl (C=O) groups is 1. The second-order valence-corrected chi connectivity index (χ2v) is 5.24. The van der Waals surface area contributed by atoms with Crippen LogP contribution in [0.5, 0.6) is 11.5 Å². The molecule has 0 fully saturated rings. The minimum Gasteiger partial charge on any atom is -0.507 e. The molecule has 0 bridgehead atoms. The number of rotatable bonds is 4. The Morgan fingerprint density at radius 1 is 0.960 bits per heavy atom. The third-order valence-electron chi connectivity index (χ3n) is 3.56. The number of ether oxygens (including phenoxy) is 1.